The van der Waals surface area contributed by atoms with Gasteiger partial charge in [-0.05, 0) is 25.5 Å². The van der Waals surface area contributed by atoms with Crippen LogP contribution in [0.25, 0.3) is 10.9 Å². The summed E-state index contributed by atoms with van der Waals surface area (Å²) in [7, 11) is 0. The predicted molar refractivity (Wildman–Crippen MR) is 82.6 cm³/mol. The highest BCUT2D eigenvalue weighted by Gasteiger charge is 2.13. The molecule has 0 aliphatic carbocycles. The van der Waals surface area contributed by atoms with Crippen molar-refractivity contribution < 1.29 is 4.79 Å². The molecule has 1 heterocycles. The van der Waals surface area contributed by atoms with E-state index in [0.717, 1.165) is 30.2 Å². The zero-order valence-corrected chi connectivity index (χ0v) is 12.0. The van der Waals surface area contributed by atoms with Gasteiger partial charge in [0.25, 0.3) is 5.91 Å². The monoisotopic (exact) mass is 271 g/mol. The fraction of sp³-hybridized carbons (Fsp3) is 0.375. The van der Waals surface area contributed by atoms with Crippen molar-refractivity contribution in [2.75, 3.05) is 5.73 Å². The molecule has 0 radical (unpaired) electrons. The second-order valence-electron chi connectivity index (χ2n) is 5.13. The molecule has 0 saturated heterocycles. The number of benzene rings is 1. The number of nitrogens with zero attached hydrogens (tertiary/aromatic N) is 1. The van der Waals surface area contributed by atoms with Crippen molar-refractivity contribution in [2.45, 2.75) is 39.2 Å². The summed E-state index contributed by atoms with van der Waals surface area (Å²) < 4.78 is 0. The molecule has 4 heteroatoms. The summed E-state index contributed by atoms with van der Waals surface area (Å²) in [5.74, 6) is -0.161. The molecule has 1 amide bonds. The molecular formula is C16H21N3O. The first-order valence-corrected chi connectivity index (χ1v) is 7.08. The minimum atomic E-state index is -0.161. The summed E-state index contributed by atoms with van der Waals surface area (Å²) in [5.41, 5.74) is 7.70. The number of carbonyl (C=O) groups is 1. The first kappa shape index (κ1) is 14.3. The lowest BCUT2D eigenvalue weighted by Crippen LogP contribution is -2.33. The first-order valence-electron chi connectivity index (χ1n) is 7.08. The maximum Gasteiger partial charge on any atom is 0.270 e. The Bertz CT molecular complexity index is 610. The van der Waals surface area contributed by atoms with Crippen molar-refractivity contribution in [1.29, 1.82) is 0 Å². The molecule has 1 unspecified atom stereocenters. The van der Waals surface area contributed by atoms with E-state index < -0.39 is 0 Å². The van der Waals surface area contributed by atoms with E-state index in [1.54, 1.807) is 6.07 Å². The molecule has 0 aliphatic heterocycles. The normalized spacial score (nSPS) is 12.3. The maximum absolute atomic E-state index is 12.2. The zero-order chi connectivity index (χ0) is 14.5. The maximum atomic E-state index is 12.2. The van der Waals surface area contributed by atoms with Crippen LogP contribution in [0.1, 0.15) is 43.6 Å². The third-order valence-corrected chi connectivity index (χ3v) is 3.35. The van der Waals surface area contributed by atoms with E-state index in [0.29, 0.717) is 11.4 Å². The quantitative estimate of drug-likeness (QED) is 0.878. The Morgan fingerprint density at radius 1 is 1.40 bits per heavy atom. The Morgan fingerprint density at radius 3 is 2.90 bits per heavy atom. The number of amides is 1. The number of hydrogen-bond donors (Lipinski definition) is 2. The minimum absolute atomic E-state index is 0.150. The average Bonchev–Trinajstić information content (AvgIpc) is 2.45. The second-order valence-corrected chi connectivity index (χ2v) is 5.13. The van der Waals surface area contributed by atoms with Gasteiger partial charge in [0.2, 0.25) is 0 Å². The largest absolute Gasteiger partial charge is 0.398 e. The molecule has 106 valence electrons. The van der Waals surface area contributed by atoms with E-state index >= 15 is 0 Å². The van der Waals surface area contributed by atoms with Gasteiger partial charge in [-0.15, -0.1) is 0 Å². The lowest BCUT2D eigenvalue weighted by atomic mass is 10.1. The molecule has 0 spiro atoms. The Morgan fingerprint density at radius 2 is 2.15 bits per heavy atom. The lowest BCUT2D eigenvalue weighted by Gasteiger charge is -2.13. The molecule has 0 fully saturated rings. The van der Waals surface area contributed by atoms with Crippen molar-refractivity contribution in [3.8, 4) is 0 Å². The molecule has 4 nitrogen and oxygen atoms in total. The van der Waals surface area contributed by atoms with Gasteiger partial charge < -0.3 is 11.1 Å². The summed E-state index contributed by atoms with van der Waals surface area (Å²) >= 11 is 0. The molecule has 1 aromatic heterocycles. The fourth-order valence-electron chi connectivity index (χ4n) is 2.20. The number of nitrogens with two attached hydrogens (primary N) is 1. The third kappa shape index (κ3) is 3.26. The highest BCUT2D eigenvalue weighted by Crippen LogP contribution is 2.20. The van der Waals surface area contributed by atoms with Crippen molar-refractivity contribution in [2.24, 2.45) is 0 Å². The van der Waals surface area contributed by atoms with Crippen LogP contribution in [0, 0.1) is 0 Å². The van der Waals surface area contributed by atoms with Crippen LogP contribution in [-0.2, 0) is 0 Å². The van der Waals surface area contributed by atoms with Crippen LogP contribution in [0.15, 0.2) is 30.3 Å². The Kier molecular flexibility index (Phi) is 4.56. The standard InChI is InChI=1S/C16H21N3O/c1-3-4-7-11(2)18-16(20)15-10-13(17)12-8-5-6-9-14(12)19-15/h5-6,8-11H,3-4,7H2,1-2H3,(H2,17,19)(H,18,20). The molecule has 0 bridgehead atoms. The highest BCUT2D eigenvalue weighted by molar-refractivity contribution is 5.99. The minimum Gasteiger partial charge on any atom is -0.398 e. The van der Waals surface area contributed by atoms with Crippen molar-refractivity contribution >= 4 is 22.5 Å². The molecule has 0 aliphatic rings. The van der Waals surface area contributed by atoms with Gasteiger partial charge in [0.05, 0.1) is 5.52 Å². The van der Waals surface area contributed by atoms with E-state index in [1.807, 2.05) is 31.2 Å². The average molecular weight is 271 g/mol. The van der Waals surface area contributed by atoms with Gasteiger partial charge in [-0.25, -0.2) is 4.98 Å². The van der Waals surface area contributed by atoms with Crippen molar-refractivity contribution in [3.05, 3.63) is 36.0 Å². The number of rotatable bonds is 5. The third-order valence-electron chi connectivity index (χ3n) is 3.35. The van der Waals surface area contributed by atoms with E-state index in [9.17, 15) is 4.79 Å². The van der Waals surface area contributed by atoms with Gasteiger partial charge in [-0.3, -0.25) is 4.79 Å². The molecular weight excluding hydrogens is 250 g/mol. The number of hydrogen-bond acceptors (Lipinski definition) is 3. The van der Waals surface area contributed by atoms with Crippen LogP contribution in [0.4, 0.5) is 5.69 Å². The summed E-state index contributed by atoms with van der Waals surface area (Å²) in [4.78, 5) is 16.6. The number of carbonyl (C=O) groups excluding carboxylic acids is 1. The van der Waals surface area contributed by atoms with E-state index in [2.05, 4.69) is 17.2 Å². The summed E-state index contributed by atoms with van der Waals surface area (Å²) in [6.07, 6.45) is 3.21. The van der Waals surface area contributed by atoms with E-state index in [1.165, 1.54) is 0 Å². The SMILES string of the molecule is CCCCC(C)NC(=O)c1cc(N)c2ccccc2n1. The van der Waals surface area contributed by atoms with Crippen LogP contribution in [-0.4, -0.2) is 16.9 Å². The molecule has 3 N–H and O–H groups in total. The van der Waals surface area contributed by atoms with Gasteiger partial charge in [0.15, 0.2) is 0 Å². The molecule has 0 saturated carbocycles. The predicted octanol–water partition coefficient (Wildman–Crippen LogP) is 3.13. The van der Waals surface area contributed by atoms with Gasteiger partial charge in [0, 0.05) is 17.1 Å². The number of fused-ring (bicyclic) bond motifs is 1. The number of para-hydroxylation sites is 1. The smallest absolute Gasteiger partial charge is 0.270 e. The van der Waals surface area contributed by atoms with Gasteiger partial charge in [-0.1, -0.05) is 38.0 Å². The van der Waals surface area contributed by atoms with Crippen LogP contribution in [0.2, 0.25) is 0 Å². The molecule has 20 heavy (non-hydrogen) atoms. The molecule has 2 rings (SSSR count). The molecule has 1 atom stereocenters. The lowest BCUT2D eigenvalue weighted by molar-refractivity contribution is 0.0933. The van der Waals surface area contributed by atoms with E-state index in [-0.39, 0.29) is 11.9 Å². The summed E-state index contributed by atoms with van der Waals surface area (Å²) in [6, 6.07) is 9.36. The number of anilines is 1. The Hall–Kier alpha value is -2.10. The molecule has 2 aromatic rings. The van der Waals surface area contributed by atoms with Gasteiger partial charge in [-0.2, -0.15) is 0 Å². The summed E-state index contributed by atoms with van der Waals surface area (Å²) in [6.45, 7) is 4.15. The number of nitrogens with one attached hydrogen (secondary N) is 1. The van der Waals surface area contributed by atoms with Crippen LogP contribution >= 0.6 is 0 Å². The van der Waals surface area contributed by atoms with Crippen molar-refractivity contribution in [1.82, 2.24) is 10.3 Å². The van der Waals surface area contributed by atoms with Crippen LogP contribution < -0.4 is 11.1 Å². The number of unbranched alkanes of at least 4 members (excludes halogenated alkanes) is 1. The first-order chi connectivity index (χ1) is 9.61. The zero-order valence-electron chi connectivity index (χ0n) is 12.0. The summed E-state index contributed by atoms with van der Waals surface area (Å²) in [5, 5.41) is 3.84. The second kappa shape index (κ2) is 6.37. The fourth-order valence-corrected chi connectivity index (χ4v) is 2.20. The number of nitrogen functional groups attached to an aromatic ring is 1. The Balaban J connectivity index is 2.18. The number of pyridine rings is 1. The topological polar surface area (TPSA) is 68.0 Å². The van der Waals surface area contributed by atoms with Crippen LogP contribution in [0.3, 0.4) is 0 Å². The van der Waals surface area contributed by atoms with Crippen molar-refractivity contribution in [3.63, 3.8) is 0 Å². The number of aromatic nitrogens is 1. The molecule has 1 aromatic carbocycles. The van der Waals surface area contributed by atoms with E-state index in [4.69, 9.17) is 5.73 Å². The van der Waals surface area contributed by atoms with Gasteiger partial charge in [0.1, 0.15) is 5.69 Å². The van der Waals surface area contributed by atoms with Gasteiger partial charge >= 0.3 is 0 Å². The highest BCUT2D eigenvalue weighted by atomic mass is 16.1. The Labute approximate surface area is 119 Å². The van der Waals surface area contributed by atoms with Crippen LogP contribution in [0.5, 0.6) is 0 Å².